The van der Waals surface area contributed by atoms with Gasteiger partial charge in [0.2, 0.25) is 0 Å². The zero-order valence-electron chi connectivity index (χ0n) is 10.8. The highest BCUT2D eigenvalue weighted by Gasteiger charge is 2.22. The van der Waals surface area contributed by atoms with Crippen molar-refractivity contribution in [1.82, 2.24) is 14.9 Å². The van der Waals surface area contributed by atoms with Crippen molar-refractivity contribution in [1.29, 1.82) is 0 Å². The van der Waals surface area contributed by atoms with Crippen LogP contribution in [-0.4, -0.2) is 55.1 Å². The summed E-state index contributed by atoms with van der Waals surface area (Å²) in [7, 11) is 6.17. The Morgan fingerprint density at radius 3 is 2.94 bits per heavy atom. The summed E-state index contributed by atoms with van der Waals surface area (Å²) in [4.78, 5) is 13.2. The second-order valence-corrected chi connectivity index (χ2v) is 4.72. The first-order valence-corrected chi connectivity index (χ1v) is 6.12. The number of hydrogen-bond acceptors (Lipinski definition) is 5. The van der Waals surface area contributed by atoms with Gasteiger partial charge in [-0.3, -0.25) is 0 Å². The molecule has 0 amide bonds. The summed E-state index contributed by atoms with van der Waals surface area (Å²) < 4.78 is 0. The van der Waals surface area contributed by atoms with Gasteiger partial charge in [-0.05, 0) is 26.9 Å². The van der Waals surface area contributed by atoms with Gasteiger partial charge in [0.15, 0.2) is 0 Å². The Bertz CT molecular complexity index is 366. The van der Waals surface area contributed by atoms with E-state index in [0.29, 0.717) is 6.04 Å². The van der Waals surface area contributed by atoms with E-state index in [1.807, 2.05) is 13.1 Å². The first-order valence-electron chi connectivity index (χ1n) is 6.12. The zero-order chi connectivity index (χ0) is 12.3. The molecule has 1 atom stereocenters. The highest BCUT2D eigenvalue weighted by atomic mass is 15.2. The van der Waals surface area contributed by atoms with Crippen molar-refractivity contribution >= 4 is 11.6 Å². The molecule has 0 aromatic carbocycles. The topological polar surface area (TPSA) is 44.3 Å². The number of hydrogen-bond donors (Lipinski definition) is 1. The minimum Gasteiger partial charge on any atom is -0.373 e. The van der Waals surface area contributed by atoms with Gasteiger partial charge in [0, 0.05) is 32.2 Å². The molecule has 1 aliphatic rings. The summed E-state index contributed by atoms with van der Waals surface area (Å²) in [5.41, 5.74) is 0. The van der Waals surface area contributed by atoms with Gasteiger partial charge in [-0.1, -0.05) is 0 Å². The van der Waals surface area contributed by atoms with Crippen LogP contribution in [0.2, 0.25) is 0 Å². The fraction of sp³-hybridized carbons (Fsp3) is 0.667. The molecule has 1 N–H and O–H groups in total. The van der Waals surface area contributed by atoms with E-state index in [2.05, 4.69) is 39.2 Å². The van der Waals surface area contributed by atoms with Crippen molar-refractivity contribution < 1.29 is 0 Å². The molecule has 0 radical (unpaired) electrons. The van der Waals surface area contributed by atoms with Gasteiger partial charge >= 0.3 is 0 Å². The molecule has 0 bridgehead atoms. The normalized spacial score (nSPS) is 20.7. The Kier molecular flexibility index (Phi) is 3.78. The Balaban J connectivity index is 2.10. The number of nitrogens with one attached hydrogen (secondary N) is 1. The van der Waals surface area contributed by atoms with Crippen LogP contribution in [0.15, 0.2) is 12.4 Å². The Labute approximate surface area is 103 Å². The highest BCUT2D eigenvalue weighted by molar-refractivity contribution is 5.48. The van der Waals surface area contributed by atoms with E-state index in [1.165, 1.54) is 12.8 Å². The maximum absolute atomic E-state index is 4.36. The van der Waals surface area contributed by atoms with Gasteiger partial charge in [0.25, 0.3) is 0 Å². The Morgan fingerprint density at radius 1 is 1.41 bits per heavy atom. The number of aromatic nitrogens is 2. The summed E-state index contributed by atoms with van der Waals surface area (Å²) >= 11 is 0. The predicted molar refractivity (Wildman–Crippen MR) is 70.5 cm³/mol. The monoisotopic (exact) mass is 235 g/mol. The Morgan fingerprint density at radius 2 is 2.24 bits per heavy atom. The fourth-order valence-corrected chi connectivity index (χ4v) is 2.24. The fourth-order valence-electron chi connectivity index (χ4n) is 2.24. The second kappa shape index (κ2) is 5.31. The van der Waals surface area contributed by atoms with Crippen molar-refractivity contribution in [2.24, 2.45) is 0 Å². The largest absolute Gasteiger partial charge is 0.373 e. The molecule has 5 heteroatoms. The lowest BCUT2D eigenvalue weighted by molar-refractivity contribution is 0.257. The number of rotatable bonds is 3. The van der Waals surface area contributed by atoms with Crippen LogP contribution in [0.4, 0.5) is 11.6 Å². The van der Waals surface area contributed by atoms with E-state index in [9.17, 15) is 0 Å². The molecule has 2 heterocycles. The molecular formula is C12H21N5. The first kappa shape index (κ1) is 12.1. The van der Waals surface area contributed by atoms with Crippen LogP contribution in [0.5, 0.6) is 0 Å². The molecule has 17 heavy (non-hydrogen) atoms. The van der Waals surface area contributed by atoms with Crippen LogP contribution in [0.1, 0.15) is 12.8 Å². The van der Waals surface area contributed by atoms with E-state index in [4.69, 9.17) is 0 Å². The molecule has 0 aliphatic carbocycles. The van der Waals surface area contributed by atoms with E-state index in [1.54, 1.807) is 6.33 Å². The summed E-state index contributed by atoms with van der Waals surface area (Å²) in [6, 6.07) is 2.63. The van der Waals surface area contributed by atoms with Gasteiger partial charge in [-0.15, -0.1) is 0 Å². The molecule has 1 aromatic heterocycles. The average molecular weight is 235 g/mol. The summed E-state index contributed by atoms with van der Waals surface area (Å²) in [6.45, 7) is 2.14. The maximum atomic E-state index is 4.36. The van der Waals surface area contributed by atoms with Crippen molar-refractivity contribution in [3.8, 4) is 0 Å². The molecule has 1 unspecified atom stereocenters. The third-order valence-corrected chi connectivity index (χ3v) is 3.36. The van der Waals surface area contributed by atoms with E-state index >= 15 is 0 Å². The highest BCUT2D eigenvalue weighted by Crippen LogP contribution is 2.20. The smallest absolute Gasteiger partial charge is 0.134 e. The average Bonchev–Trinajstić information content (AvgIpc) is 2.39. The molecule has 1 fully saturated rings. The van der Waals surface area contributed by atoms with E-state index in [-0.39, 0.29) is 0 Å². The summed E-state index contributed by atoms with van der Waals surface area (Å²) in [5.74, 6) is 1.90. The lowest BCUT2D eigenvalue weighted by Crippen LogP contribution is -2.45. The van der Waals surface area contributed by atoms with Crippen molar-refractivity contribution in [2.75, 3.05) is 44.4 Å². The molecule has 1 aliphatic heterocycles. The van der Waals surface area contributed by atoms with Crippen molar-refractivity contribution in [2.45, 2.75) is 18.9 Å². The van der Waals surface area contributed by atoms with Crippen LogP contribution >= 0.6 is 0 Å². The molecule has 1 saturated heterocycles. The van der Waals surface area contributed by atoms with Gasteiger partial charge in [0.1, 0.15) is 18.0 Å². The van der Waals surface area contributed by atoms with Crippen LogP contribution < -0.4 is 10.2 Å². The third-order valence-electron chi connectivity index (χ3n) is 3.36. The lowest BCUT2D eigenvalue weighted by Gasteiger charge is -2.36. The standard InChI is InChI=1S/C12H21N5/c1-13-11-7-12(15-9-14-11)17-6-4-5-10(8-17)16(2)3/h7,9-10H,4-6,8H2,1-3H3,(H,13,14,15). The maximum Gasteiger partial charge on any atom is 0.134 e. The van der Waals surface area contributed by atoms with Gasteiger partial charge in [0.05, 0.1) is 0 Å². The zero-order valence-corrected chi connectivity index (χ0v) is 10.8. The predicted octanol–water partition coefficient (Wildman–Crippen LogP) is 1.05. The summed E-state index contributed by atoms with van der Waals surface area (Å²) in [6.07, 6.45) is 4.12. The van der Waals surface area contributed by atoms with Gasteiger partial charge in [-0.2, -0.15) is 0 Å². The number of likely N-dealkylation sites (N-methyl/N-ethyl adjacent to an activating group) is 1. The molecule has 5 nitrogen and oxygen atoms in total. The summed E-state index contributed by atoms with van der Waals surface area (Å²) in [5, 5.41) is 3.05. The van der Waals surface area contributed by atoms with Crippen molar-refractivity contribution in [3.63, 3.8) is 0 Å². The number of nitrogens with zero attached hydrogens (tertiary/aromatic N) is 4. The lowest BCUT2D eigenvalue weighted by atomic mass is 10.1. The van der Waals surface area contributed by atoms with Crippen LogP contribution in [0.3, 0.4) is 0 Å². The molecule has 2 rings (SSSR count). The second-order valence-electron chi connectivity index (χ2n) is 4.72. The van der Waals surface area contributed by atoms with E-state index in [0.717, 1.165) is 24.7 Å². The molecule has 0 saturated carbocycles. The molecule has 94 valence electrons. The van der Waals surface area contributed by atoms with Crippen LogP contribution in [0, 0.1) is 0 Å². The quantitative estimate of drug-likeness (QED) is 0.848. The number of anilines is 2. The molecular weight excluding hydrogens is 214 g/mol. The SMILES string of the molecule is CNc1cc(N2CCCC(N(C)C)C2)ncn1. The van der Waals surface area contributed by atoms with Crippen molar-refractivity contribution in [3.05, 3.63) is 12.4 Å². The van der Waals surface area contributed by atoms with Crippen LogP contribution in [0.25, 0.3) is 0 Å². The molecule has 1 aromatic rings. The van der Waals surface area contributed by atoms with Gasteiger partial charge in [-0.25, -0.2) is 9.97 Å². The van der Waals surface area contributed by atoms with E-state index < -0.39 is 0 Å². The van der Waals surface area contributed by atoms with Gasteiger partial charge < -0.3 is 15.1 Å². The molecule has 0 spiro atoms. The first-order chi connectivity index (χ1) is 8.20. The van der Waals surface area contributed by atoms with Crippen LogP contribution in [-0.2, 0) is 0 Å². The minimum atomic E-state index is 0.622. The Hall–Kier alpha value is -1.36. The third kappa shape index (κ3) is 2.85. The minimum absolute atomic E-state index is 0.622. The number of piperidine rings is 1.